The van der Waals surface area contributed by atoms with Crippen LogP contribution in [0.3, 0.4) is 0 Å². The fourth-order valence-electron chi connectivity index (χ4n) is 2.12. The Morgan fingerprint density at radius 1 is 1.44 bits per heavy atom. The van der Waals surface area contributed by atoms with Crippen molar-refractivity contribution in [2.75, 3.05) is 7.11 Å². The predicted molar refractivity (Wildman–Crippen MR) is 66.7 cm³/mol. The number of amidine groups is 1. The van der Waals surface area contributed by atoms with E-state index in [2.05, 4.69) is 9.97 Å². The second-order valence-electron chi connectivity index (χ2n) is 4.40. The predicted octanol–water partition coefficient (Wildman–Crippen LogP) is 1.10. The molecule has 0 radical (unpaired) electrons. The van der Waals surface area contributed by atoms with Crippen LogP contribution in [-0.4, -0.2) is 35.1 Å². The summed E-state index contributed by atoms with van der Waals surface area (Å²) in [6.45, 7) is 0. The topological polar surface area (TPSA) is 94.1 Å². The molecule has 0 saturated heterocycles. The van der Waals surface area contributed by atoms with Gasteiger partial charge in [0.1, 0.15) is 17.6 Å². The van der Waals surface area contributed by atoms with Gasteiger partial charge in [-0.1, -0.05) is 0 Å². The minimum absolute atomic E-state index is 0.0749. The van der Waals surface area contributed by atoms with Crippen LogP contribution in [0, 0.1) is 5.41 Å². The molecular formula is C12H18N4O2. The van der Waals surface area contributed by atoms with Gasteiger partial charge in [-0.05, 0) is 25.3 Å². The molecule has 98 valence electrons. The molecule has 1 saturated carbocycles. The van der Waals surface area contributed by atoms with Gasteiger partial charge in [-0.15, -0.1) is 0 Å². The van der Waals surface area contributed by atoms with Crippen LogP contribution in [0.2, 0.25) is 0 Å². The highest BCUT2D eigenvalue weighted by Gasteiger charge is 2.23. The molecule has 2 rings (SSSR count). The van der Waals surface area contributed by atoms with Gasteiger partial charge in [0, 0.05) is 19.7 Å². The molecule has 6 nitrogen and oxygen atoms in total. The number of methoxy groups -OCH3 is 1. The molecule has 1 aromatic heterocycles. The number of hydrogen-bond donors (Lipinski definition) is 2. The number of nitrogens with zero attached hydrogens (tertiary/aromatic N) is 2. The number of aromatic nitrogens is 2. The zero-order valence-corrected chi connectivity index (χ0v) is 10.4. The lowest BCUT2D eigenvalue weighted by molar-refractivity contribution is 0.0178. The summed E-state index contributed by atoms with van der Waals surface area (Å²) in [4.78, 5) is 8.13. The first-order valence-corrected chi connectivity index (χ1v) is 6.06. The second-order valence-corrected chi connectivity index (χ2v) is 4.40. The van der Waals surface area contributed by atoms with E-state index in [-0.39, 0.29) is 24.1 Å². The maximum Gasteiger partial charge on any atom is 0.317 e. The van der Waals surface area contributed by atoms with Gasteiger partial charge in [-0.3, -0.25) is 5.41 Å². The lowest BCUT2D eigenvalue weighted by Gasteiger charge is -2.27. The van der Waals surface area contributed by atoms with Gasteiger partial charge in [0.15, 0.2) is 0 Å². The zero-order chi connectivity index (χ0) is 13.0. The minimum atomic E-state index is -0.0827. The summed E-state index contributed by atoms with van der Waals surface area (Å²) < 4.78 is 11.1. The van der Waals surface area contributed by atoms with Gasteiger partial charge >= 0.3 is 6.01 Å². The molecule has 18 heavy (non-hydrogen) atoms. The largest absolute Gasteiger partial charge is 0.460 e. The normalized spacial score (nSPS) is 23.6. The number of nitrogens with two attached hydrogens (primary N) is 1. The molecule has 6 heteroatoms. The number of rotatable bonds is 4. The first-order chi connectivity index (χ1) is 8.69. The van der Waals surface area contributed by atoms with Crippen LogP contribution in [-0.2, 0) is 4.74 Å². The standard InChI is InChI=1S/C12H18N4O2/c1-17-8-3-2-4-9(7-8)18-12-15-6-5-10(16-12)11(13)14/h5-6,8-9H,2-4,7H2,1H3,(H3,13,14). The van der Waals surface area contributed by atoms with Crippen molar-refractivity contribution < 1.29 is 9.47 Å². The van der Waals surface area contributed by atoms with E-state index in [4.69, 9.17) is 20.6 Å². The SMILES string of the molecule is COC1CCCC(Oc2nccc(C(=N)N)n2)C1. The fraction of sp³-hybridized carbons (Fsp3) is 0.583. The van der Waals surface area contributed by atoms with E-state index >= 15 is 0 Å². The van der Waals surface area contributed by atoms with E-state index in [1.807, 2.05) is 0 Å². The maximum absolute atomic E-state index is 7.33. The molecule has 0 aromatic carbocycles. The third-order valence-corrected chi connectivity index (χ3v) is 3.09. The Hall–Kier alpha value is -1.69. The van der Waals surface area contributed by atoms with E-state index in [0.29, 0.717) is 5.69 Å². The van der Waals surface area contributed by atoms with Gasteiger partial charge in [0.05, 0.1) is 6.10 Å². The van der Waals surface area contributed by atoms with Crippen molar-refractivity contribution in [1.29, 1.82) is 5.41 Å². The van der Waals surface area contributed by atoms with Crippen molar-refractivity contribution in [2.24, 2.45) is 5.73 Å². The molecular weight excluding hydrogens is 232 g/mol. The molecule has 1 aliphatic rings. The Labute approximate surface area is 106 Å². The maximum atomic E-state index is 7.33. The highest BCUT2D eigenvalue weighted by Crippen LogP contribution is 2.23. The van der Waals surface area contributed by atoms with Crippen LogP contribution < -0.4 is 10.5 Å². The number of hydrogen-bond acceptors (Lipinski definition) is 5. The van der Waals surface area contributed by atoms with Gasteiger partial charge in [-0.25, -0.2) is 4.98 Å². The highest BCUT2D eigenvalue weighted by molar-refractivity contribution is 5.92. The summed E-state index contributed by atoms with van der Waals surface area (Å²) in [5.74, 6) is -0.0827. The Kier molecular flexibility index (Phi) is 4.09. The van der Waals surface area contributed by atoms with Crippen molar-refractivity contribution in [3.8, 4) is 6.01 Å². The number of nitrogen functional groups attached to an aromatic ring is 1. The minimum Gasteiger partial charge on any atom is -0.460 e. The van der Waals surface area contributed by atoms with Gasteiger partial charge in [-0.2, -0.15) is 4.98 Å². The van der Waals surface area contributed by atoms with Crippen molar-refractivity contribution >= 4 is 5.84 Å². The van der Waals surface area contributed by atoms with Crippen molar-refractivity contribution in [2.45, 2.75) is 37.9 Å². The van der Waals surface area contributed by atoms with E-state index < -0.39 is 0 Å². The van der Waals surface area contributed by atoms with Gasteiger partial charge in [0.25, 0.3) is 0 Å². The van der Waals surface area contributed by atoms with Crippen LogP contribution in [0.1, 0.15) is 31.4 Å². The third kappa shape index (κ3) is 3.16. The van der Waals surface area contributed by atoms with Gasteiger partial charge < -0.3 is 15.2 Å². The van der Waals surface area contributed by atoms with Gasteiger partial charge in [0.2, 0.25) is 0 Å². The number of nitrogens with one attached hydrogen (secondary N) is 1. The zero-order valence-electron chi connectivity index (χ0n) is 10.4. The van der Waals surface area contributed by atoms with Crippen molar-refractivity contribution in [1.82, 2.24) is 9.97 Å². The van der Waals surface area contributed by atoms with E-state index in [9.17, 15) is 0 Å². The summed E-state index contributed by atoms with van der Waals surface area (Å²) in [6, 6.07) is 1.87. The molecule has 1 fully saturated rings. The molecule has 1 aliphatic carbocycles. The van der Waals surface area contributed by atoms with Crippen molar-refractivity contribution in [3.63, 3.8) is 0 Å². The summed E-state index contributed by atoms with van der Waals surface area (Å²) >= 11 is 0. The molecule has 0 aliphatic heterocycles. The lowest BCUT2D eigenvalue weighted by Crippen LogP contribution is -2.30. The molecule has 2 atom stereocenters. The smallest absolute Gasteiger partial charge is 0.317 e. The Morgan fingerprint density at radius 2 is 2.22 bits per heavy atom. The van der Waals surface area contributed by atoms with E-state index in [1.165, 1.54) is 0 Å². The average molecular weight is 250 g/mol. The Bertz CT molecular complexity index is 424. The molecule has 1 aromatic rings. The van der Waals surface area contributed by atoms with E-state index in [0.717, 1.165) is 25.7 Å². The first-order valence-electron chi connectivity index (χ1n) is 6.06. The Balaban J connectivity index is 2.00. The Morgan fingerprint density at radius 3 is 2.94 bits per heavy atom. The average Bonchev–Trinajstić information content (AvgIpc) is 2.39. The van der Waals surface area contributed by atoms with Crippen LogP contribution in [0.15, 0.2) is 12.3 Å². The third-order valence-electron chi connectivity index (χ3n) is 3.09. The fourth-order valence-corrected chi connectivity index (χ4v) is 2.12. The first kappa shape index (κ1) is 12.8. The lowest BCUT2D eigenvalue weighted by atomic mass is 9.95. The molecule has 3 N–H and O–H groups in total. The van der Waals surface area contributed by atoms with Crippen LogP contribution in [0.4, 0.5) is 0 Å². The number of ether oxygens (including phenoxy) is 2. The highest BCUT2D eigenvalue weighted by atomic mass is 16.5. The van der Waals surface area contributed by atoms with E-state index in [1.54, 1.807) is 19.4 Å². The van der Waals surface area contributed by atoms with Crippen LogP contribution in [0.25, 0.3) is 0 Å². The van der Waals surface area contributed by atoms with Crippen molar-refractivity contribution in [3.05, 3.63) is 18.0 Å². The summed E-state index contributed by atoms with van der Waals surface area (Å²) in [7, 11) is 1.72. The summed E-state index contributed by atoms with van der Waals surface area (Å²) in [6.07, 6.45) is 5.86. The summed E-state index contributed by atoms with van der Waals surface area (Å²) in [5.41, 5.74) is 5.76. The molecule has 0 amide bonds. The molecule has 0 bridgehead atoms. The monoisotopic (exact) mass is 250 g/mol. The quantitative estimate of drug-likeness (QED) is 0.616. The van der Waals surface area contributed by atoms with Crippen LogP contribution in [0.5, 0.6) is 6.01 Å². The second kappa shape index (κ2) is 5.77. The summed E-state index contributed by atoms with van der Waals surface area (Å²) in [5, 5.41) is 7.33. The molecule has 2 unspecified atom stereocenters. The molecule has 1 heterocycles. The molecule has 0 spiro atoms. The van der Waals surface area contributed by atoms with Crippen LogP contribution >= 0.6 is 0 Å².